The Bertz CT molecular complexity index is 1570. The first-order valence-corrected chi connectivity index (χ1v) is 19.4. The molecule has 0 radical (unpaired) electrons. The molecule has 0 aromatic rings. The van der Waals surface area contributed by atoms with Crippen LogP contribution in [0.1, 0.15) is 27.7 Å². The predicted octanol–water partition coefficient (Wildman–Crippen LogP) is -9.43. The van der Waals surface area contributed by atoms with E-state index in [2.05, 4.69) is 10.6 Å². The van der Waals surface area contributed by atoms with Gasteiger partial charge in [-0.3, -0.25) is 9.59 Å². The largest absolute Gasteiger partial charge is 0.479 e. The molecule has 28 heteroatoms. The van der Waals surface area contributed by atoms with Crippen molar-refractivity contribution in [2.45, 2.75) is 181 Å². The van der Waals surface area contributed by atoms with Crippen LogP contribution < -0.4 is 16.4 Å². The molecule has 0 aromatic heterocycles. The normalized spacial score (nSPS) is 48.8. The van der Waals surface area contributed by atoms with E-state index in [1.165, 1.54) is 13.8 Å². The van der Waals surface area contributed by atoms with Gasteiger partial charge in [0.2, 0.25) is 11.8 Å². The van der Waals surface area contributed by atoms with Crippen LogP contribution in [0.15, 0.2) is 0 Å². The molecule has 16 N–H and O–H groups in total. The second-order valence-corrected chi connectivity index (χ2v) is 15.6. The van der Waals surface area contributed by atoms with Gasteiger partial charge in [-0.15, -0.1) is 0 Å². The lowest BCUT2D eigenvalue weighted by Crippen LogP contribution is -2.69. The summed E-state index contributed by atoms with van der Waals surface area (Å²) in [5, 5.41) is 133. The zero-order valence-corrected chi connectivity index (χ0v) is 33.4. The van der Waals surface area contributed by atoms with Crippen LogP contribution in [-0.2, 0) is 61.8 Å². The standard InChI is InChI=1S/C34H55N3O25/c1-6-11(35)16(42)20(46)33(56-6)60-25-18(44)21(47)32(61-26(25)28(49)50)54-5-10-15(41)17(43)12(36-8(3)38)31(57-10)59-24-19(45)22(48)34(62-27(24)29(51)52)58-23-13(37-9(4)39)30(53)55-7(2)14(23)40/h6-7,10-27,30-34,40-48,53H,5,35H2,1-4H3,(H,36,38)(H,37,39)(H,49,50)(H,51,52)/t6-,7-,10-,11-,12-,13-,14+,15-,16+,17-,18-,19-,20-,21-,22+,23-,24+,25+,26+,27-,30+,31-,32+,33-,34-/m1/s1. The Morgan fingerprint density at radius 3 is 1.53 bits per heavy atom. The lowest BCUT2D eigenvalue weighted by Gasteiger charge is -2.48. The number of carbonyl (C=O) groups is 4. The fourth-order valence-electron chi connectivity index (χ4n) is 7.59. The number of amides is 2. The maximum atomic E-state index is 12.5. The number of hydrogen-bond acceptors (Lipinski definition) is 24. The summed E-state index contributed by atoms with van der Waals surface area (Å²) in [6, 6.07) is -4.29. The van der Waals surface area contributed by atoms with Gasteiger partial charge in [0.15, 0.2) is 43.7 Å². The van der Waals surface area contributed by atoms with E-state index >= 15 is 0 Å². The number of carboxylic acids is 2. The van der Waals surface area contributed by atoms with Gasteiger partial charge in [-0.1, -0.05) is 0 Å². The van der Waals surface area contributed by atoms with Crippen LogP contribution in [0.25, 0.3) is 0 Å². The van der Waals surface area contributed by atoms with Crippen LogP contribution in [0.2, 0.25) is 0 Å². The number of carboxylic acid groups (broad SMARTS) is 2. The maximum Gasteiger partial charge on any atom is 0.335 e. The minimum atomic E-state index is -2.27. The molecule has 5 heterocycles. The van der Waals surface area contributed by atoms with Crippen LogP contribution in [0.3, 0.4) is 0 Å². The maximum absolute atomic E-state index is 12.5. The van der Waals surface area contributed by atoms with Crippen molar-refractivity contribution in [2.24, 2.45) is 5.73 Å². The van der Waals surface area contributed by atoms with E-state index in [1.807, 2.05) is 0 Å². The Labute approximate surface area is 350 Å². The Morgan fingerprint density at radius 1 is 0.516 bits per heavy atom. The Morgan fingerprint density at radius 2 is 0.984 bits per heavy atom. The van der Waals surface area contributed by atoms with Gasteiger partial charge in [0.25, 0.3) is 0 Å². The van der Waals surface area contributed by atoms with Crippen LogP contribution in [0, 0.1) is 0 Å². The van der Waals surface area contributed by atoms with E-state index in [9.17, 15) is 80.5 Å². The van der Waals surface area contributed by atoms with Gasteiger partial charge in [-0.25, -0.2) is 9.59 Å². The molecule has 0 bridgehead atoms. The van der Waals surface area contributed by atoms with Crippen molar-refractivity contribution in [1.82, 2.24) is 10.6 Å². The summed E-state index contributed by atoms with van der Waals surface area (Å²) in [7, 11) is 0. The van der Waals surface area contributed by atoms with Crippen molar-refractivity contribution >= 4 is 23.8 Å². The lowest BCUT2D eigenvalue weighted by molar-refractivity contribution is -0.363. The summed E-state index contributed by atoms with van der Waals surface area (Å²) in [5.41, 5.74) is 5.77. The highest BCUT2D eigenvalue weighted by Crippen LogP contribution is 2.34. The van der Waals surface area contributed by atoms with Gasteiger partial charge in [0.05, 0.1) is 24.9 Å². The number of aliphatic hydroxyl groups excluding tert-OH is 10. The molecule has 0 saturated carbocycles. The molecule has 28 nitrogen and oxygen atoms in total. The zero-order chi connectivity index (χ0) is 46.2. The van der Waals surface area contributed by atoms with Gasteiger partial charge >= 0.3 is 11.9 Å². The summed E-state index contributed by atoms with van der Waals surface area (Å²) in [4.78, 5) is 48.8. The van der Waals surface area contributed by atoms with E-state index in [0.29, 0.717) is 0 Å². The summed E-state index contributed by atoms with van der Waals surface area (Å²) < 4.78 is 49.5. The van der Waals surface area contributed by atoms with Gasteiger partial charge in [-0.05, 0) is 13.8 Å². The molecule has 25 atom stereocenters. The lowest BCUT2D eigenvalue weighted by atomic mass is 9.94. The molecule has 5 aliphatic rings. The summed E-state index contributed by atoms with van der Waals surface area (Å²) in [5.74, 6) is -5.14. The topological polar surface area (TPSA) is 444 Å². The summed E-state index contributed by atoms with van der Waals surface area (Å²) in [6.45, 7) is 3.90. The fraction of sp³-hybridized carbons (Fsp3) is 0.882. The smallest absolute Gasteiger partial charge is 0.335 e. The number of rotatable bonds is 13. The Kier molecular flexibility index (Phi) is 16.6. The molecule has 0 unspecified atom stereocenters. The molecule has 0 aliphatic carbocycles. The molecular weight excluding hydrogens is 850 g/mol. The average molecular weight is 906 g/mol. The first kappa shape index (κ1) is 50.1. The molecule has 356 valence electrons. The first-order valence-electron chi connectivity index (χ1n) is 19.4. The van der Waals surface area contributed by atoms with Crippen LogP contribution in [-0.4, -0.2) is 245 Å². The average Bonchev–Trinajstić information content (AvgIpc) is 3.19. The third-order valence-electron chi connectivity index (χ3n) is 11.1. The monoisotopic (exact) mass is 905 g/mol. The number of nitrogens with one attached hydrogen (secondary N) is 2. The number of ether oxygens (including phenoxy) is 9. The number of hydrogen-bond donors (Lipinski definition) is 15. The highest BCUT2D eigenvalue weighted by molar-refractivity contribution is 5.74. The SMILES string of the molecule is CC(=O)N[C@@H]1[C@@H](O[C@@H]2O[C@@H](C(=O)O)[C@@H](O[C@H]3O[C@H](CO[C@H]4O[C@H](C(=O)O)[C@@H](O[C@H]5O[C@H](C)[C@@H](N)[C@H](O)[C@H]5O)[C@H](O)[C@H]4O)[C@@H](O)[C@H](O)[C@H]3NC(C)=O)[C@H](O)[C@@H]2O)[C@@H](O)[C@@H](C)O[C@@H]1O. The molecule has 5 rings (SSSR count). The van der Waals surface area contributed by atoms with E-state index in [1.54, 1.807) is 0 Å². The van der Waals surface area contributed by atoms with Gasteiger partial charge in [0.1, 0.15) is 91.4 Å². The van der Waals surface area contributed by atoms with E-state index in [-0.39, 0.29) is 0 Å². The second-order valence-electron chi connectivity index (χ2n) is 15.6. The minimum Gasteiger partial charge on any atom is -0.479 e. The van der Waals surface area contributed by atoms with Crippen molar-refractivity contribution < 1.29 is 123 Å². The van der Waals surface area contributed by atoms with E-state index < -0.39 is 184 Å². The number of nitrogens with two attached hydrogens (primary N) is 1. The Balaban J connectivity index is 1.31. The number of aliphatic carboxylic acids is 2. The summed E-state index contributed by atoms with van der Waals surface area (Å²) >= 11 is 0. The van der Waals surface area contributed by atoms with Gasteiger partial charge in [-0.2, -0.15) is 0 Å². The molecule has 5 fully saturated rings. The van der Waals surface area contributed by atoms with E-state index in [4.69, 9.17) is 48.4 Å². The van der Waals surface area contributed by atoms with Crippen LogP contribution >= 0.6 is 0 Å². The van der Waals surface area contributed by atoms with Crippen LogP contribution in [0.4, 0.5) is 0 Å². The quantitative estimate of drug-likeness (QED) is 0.0816. The molecule has 0 aromatic carbocycles. The third-order valence-corrected chi connectivity index (χ3v) is 11.1. The molecule has 5 aliphatic heterocycles. The molecule has 5 saturated heterocycles. The molecule has 0 spiro atoms. The van der Waals surface area contributed by atoms with Crippen LogP contribution in [0.5, 0.6) is 0 Å². The van der Waals surface area contributed by atoms with Crippen molar-refractivity contribution in [3.8, 4) is 0 Å². The Hall–Kier alpha value is -2.92. The van der Waals surface area contributed by atoms with Gasteiger partial charge in [0, 0.05) is 13.8 Å². The van der Waals surface area contributed by atoms with E-state index in [0.717, 1.165) is 13.8 Å². The summed E-state index contributed by atoms with van der Waals surface area (Å²) in [6.07, 6.45) is -41.4. The van der Waals surface area contributed by atoms with Gasteiger partial charge < -0.3 is 120 Å². The zero-order valence-electron chi connectivity index (χ0n) is 33.4. The second kappa shape index (κ2) is 20.5. The van der Waals surface area contributed by atoms with Crippen molar-refractivity contribution in [3.63, 3.8) is 0 Å². The fourth-order valence-corrected chi connectivity index (χ4v) is 7.59. The molecule has 62 heavy (non-hydrogen) atoms. The van der Waals surface area contributed by atoms with Crippen molar-refractivity contribution in [2.75, 3.05) is 6.61 Å². The van der Waals surface area contributed by atoms with Crippen molar-refractivity contribution in [3.05, 3.63) is 0 Å². The minimum absolute atomic E-state index is 0.704. The molecule has 2 amide bonds. The third kappa shape index (κ3) is 10.6. The van der Waals surface area contributed by atoms with Crippen molar-refractivity contribution in [1.29, 1.82) is 0 Å². The number of carbonyl (C=O) groups excluding carboxylic acids is 2. The highest BCUT2D eigenvalue weighted by atomic mass is 16.8. The number of aliphatic hydroxyl groups is 10. The predicted molar refractivity (Wildman–Crippen MR) is 190 cm³/mol. The highest BCUT2D eigenvalue weighted by Gasteiger charge is 2.57. The molecular formula is C34H55N3O25. The first-order chi connectivity index (χ1) is 28.9.